The van der Waals surface area contributed by atoms with Gasteiger partial charge in [0.15, 0.2) is 0 Å². The average Bonchev–Trinajstić information content (AvgIpc) is 2.73. The average molecular weight is 286 g/mol. The second kappa shape index (κ2) is 4.30. The first-order valence-electron chi connectivity index (χ1n) is 8.72. The number of hydrogen-bond donors (Lipinski definition) is 0. The van der Waals surface area contributed by atoms with Crippen LogP contribution in [0.3, 0.4) is 0 Å². The first kappa shape index (κ1) is 13.7. The van der Waals surface area contributed by atoms with Crippen LogP contribution in [0.25, 0.3) is 0 Å². The summed E-state index contributed by atoms with van der Waals surface area (Å²) in [5.74, 6) is 1.87. The van der Waals surface area contributed by atoms with Crippen molar-refractivity contribution in [1.82, 2.24) is 0 Å². The highest BCUT2D eigenvalue weighted by Crippen LogP contribution is 2.63. The minimum atomic E-state index is -0.329. The molecule has 2 nitrogen and oxygen atoms in total. The summed E-state index contributed by atoms with van der Waals surface area (Å²) in [6, 6.07) is 0. The van der Waals surface area contributed by atoms with Gasteiger partial charge in [-0.2, -0.15) is 0 Å². The smallest absolute Gasteiger partial charge is 0.139 e. The predicted octanol–water partition coefficient (Wildman–Crippen LogP) is 4.09. The third-order valence-electron chi connectivity index (χ3n) is 7.43. The van der Waals surface area contributed by atoms with Gasteiger partial charge in [-0.3, -0.25) is 9.59 Å². The largest absolute Gasteiger partial charge is 0.299 e. The summed E-state index contributed by atoms with van der Waals surface area (Å²) >= 11 is 0. The second-order valence-electron chi connectivity index (χ2n) is 8.35. The first-order valence-corrected chi connectivity index (χ1v) is 8.72. The molecule has 0 saturated heterocycles. The summed E-state index contributed by atoms with van der Waals surface area (Å²) < 4.78 is 0. The van der Waals surface area contributed by atoms with Crippen LogP contribution in [0.2, 0.25) is 0 Å². The Morgan fingerprint density at radius 3 is 2.71 bits per heavy atom. The van der Waals surface area contributed by atoms with Crippen molar-refractivity contribution in [3.63, 3.8) is 0 Å². The van der Waals surface area contributed by atoms with Gasteiger partial charge in [0.05, 0.1) is 0 Å². The number of fused-ring (bicyclic) bond motifs is 5. The molecule has 0 heterocycles. The molecular formula is C19H26O2. The second-order valence-corrected chi connectivity index (χ2v) is 8.35. The number of ketones is 2. The number of hydrogen-bond acceptors (Lipinski definition) is 2. The van der Waals surface area contributed by atoms with Gasteiger partial charge in [-0.05, 0) is 55.8 Å². The molecule has 2 heteroatoms. The maximum Gasteiger partial charge on any atom is 0.139 e. The van der Waals surface area contributed by atoms with Gasteiger partial charge in [0.1, 0.15) is 11.6 Å². The molecule has 21 heavy (non-hydrogen) atoms. The fourth-order valence-corrected chi connectivity index (χ4v) is 6.36. The van der Waals surface area contributed by atoms with E-state index >= 15 is 0 Å². The third-order valence-corrected chi connectivity index (χ3v) is 7.43. The van der Waals surface area contributed by atoms with E-state index in [-0.39, 0.29) is 16.7 Å². The Morgan fingerprint density at radius 1 is 1.10 bits per heavy atom. The van der Waals surface area contributed by atoms with Crippen LogP contribution in [0.5, 0.6) is 0 Å². The molecular weight excluding hydrogens is 260 g/mol. The van der Waals surface area contributed by atoms with Crippen LogP contribution < -0.4 is 0 Å². The Morgan fingerprint density at radius 2 is 1.90 bits per heavy atom. The zero-order valence-corrected chi connectivity index (χ0v) is 13.3. The van der Waals surface area contributed by atoms with E-state index in [4.69, 9.17) is 0 Å². The van der Waals surface area contributed by atoms with Gasteiger partial charge in [-0.25, -0.2) is 0 Å². The van der Waals surface area contributed by atoms with Gasteiger partial charge >= 0.3 is 0 Å². The summed E-state index contributed by atoms with van der Waals surface area (Å²) in [7, 11) is 0. The van der Waals surface area contributed by atoms with Crippen LogP contribution in [-0.4, -0.2) is 11.6 Å². The summed E-state index contributed by atoms with van der Waals surface area (Å²) in [5.41, 5.74) is 1.33. The molecule has 0 unspecified atom stereocenters. The van der Waals surface area contributed by atoms with Crippen molar-refractivity contribution in [3.8, 4) is 0 Å². The summed E-state index contributed by atoms with van der Waals surface area (Å²) in [6.07, 6.45) is 10.5. The maximum atomic E-state index is 13.0. The van der Waals surface area contributed by atoms with Gasteiger partial charge in [-0.1, -0.05) is 25.5 Å². The number of allylic oxidation sites excluding steroid dienone is 2. The molecule has 3 saturated carbocycles. The Kier molecular flexibility index (Phi) is 2.81. The van der Waals surface area contributed by atoms with Crippen molar-refractivity contribution >= 4 is 11.6 Å². The Balaban J connectivity index is 1.77. The highest BCUT2D eigenvalue weighted by Gasteiger charge is 2.61. The van der Waals surface area contributed by atoms with Crippen LogP contribution in [0.4, 0.5) is 0 Å². The van der Waals surface area contributed by atoms with Gasteiger partial charge in [-0.15, -0.1) is 0 Å². The highest BCUT2D eigenvalue weighted by atomic mass is 16.1. The van der Waals surface area contributed by atoms with E-state index in [1.165, 1.54) is 19.3 Å². The van der Waals surface area contributed by atoms with E-state index in [1.807, 2.05) is 0 Å². The fourth-order valence-electron chi connectivity index (χ4n) is 6.36. The molecule has 0 aromatic heterocycles. The topological polar surface area (TPSA) is 34.1 Å². The molecule has 0 aliphatic heterocycles. The van der Waals surface area contributed by atoms with Crippen LogP contribution in [0.15, 0.2) is 11.6 Å². The summed E-state index contributed by atoms with van der Waals surface area (Å²) in [5, 5.41) is 0. The first-order chi connectivity index (χ1) is 9.97. The van der Waals surface area contributed by atoms with Gasteiger partial charge in [0.25, 0.3) is 0 Å². The van der Waals surface area contributed by atoms with E-state index in [1.54, 1.807) is 5.57 Å². The predicted molar refractivity (Wildman–Crippen MR) is 81.7 cm³/mol. The van der Waals surface area contributed by atoms with Crippen LogP contribution >= 0.6 is 0 Å². The lowest BCUT2D eigenvalue weighted by Crippen LogP contribution is -2.54. The summed E-state index contributed by atoms with van der Waals surface area (Å²) in [4.78, 5) is 25.4. The number of Topliss-reactive ketones (excluding diaryl/α,β-unsaturated/α-hetero) is 2. The lowest BCUT2D eigenvalue weighted by molar-refractivity contribution is -0.149. The molecule has 114 valence electrons. The zero-order chi connectivity index (χ0) is 14.8. The molecule has 0 amide bonds. The number of carbonyl (C=O) groups excluding carboxylic acids is 2. The van der Waals surface area contributed by atoms with Crippen molar-refractivity contribution in [2.75, 3.05) is 0 Å². The lowest BCUT2D eigenvalue weighted by Gasteiger charge is -2.55. The molecule has 4 rings (SSSR count). The van der Waals surface area contributed by atoms with E-state index in [9.17, 15) is 9.59 Å². The highest BCUT2D eigenvalue weighted by molar-refractivity contribution is 5.95. The molecule has 0 aromatic rings. The minimum absolute atomic E-state index is 0.102. The van der Waals surface area contributed by atoms with E-state index < -0.39 is 0 Å². The van der Waals surface area contributed by atoms with Crippen molar-refractivity contribution in [2.45, 2.75) is 65.2 Å². The summed E-state index contributed by atoms with van der Waals surface area (Å²) in [6.45, 7) is 4.42. The fraction of sp³-hybridized carbons (Fsp3) is 0.789. The van der Waals surface area contributed by atoms with Gasteiger partial charge in [0.2, 0.25) is 0 Å². The zero-order valence-electron chi connectivity index (χ0n) is 13.3. The van der Waals surface area contributed by atoms with Crippen LogP contribution in [-0.2, 0) is 9.59 Å². The van der Waals surface area contributed by atoms with Crippen molar-refractivity contribution < 1.29 is 9.59 Å². The standard InChI is InChI=1S/C19H26O2/c1-18-10-4-3-5-12(18)6-7-13-14-8-9-16(21)19(14,2)11-15(20)17(13)18/h5,13-14,17H,3-4,6-11H2,1-2H3/t13-,14-,17+,18-,19-/m0/s1. The molecule has 0 aromatic carbocycles. The molecule has 0 N–H and O–H groups in total. The van der Waals surface area contributed by atoms with E-state index in [0.29, 0.717) is 36.2 Å². The normalized spacial score (nSPS) is 49.2. The Hall–Kier alpha value is -0.920. The molecule has 3 fully saturated rings. The lowest BCUT2D eigenvalue weighted by atomic mass is 9.47. The van der Waals surface area contributed by atoms with Crippen molar-refractivity contribution in [2.24, 2.45) is 28.6 Å². The monoisotopic (exact) mass is 286 g/mol. The number of carbonyl (C=O) groups is 2. The van der Waals surface area contributed by atoms with Crippen LogP contribution in [0, 0.1) is 28.6 Å². The molecule has 4 aliphatic rings. The SMILES string of the molecule is C[C@]12CCCC=C1CC[C@@H]1[C@@H]2C(=O)C[C@]2(C)C(=O)CC[C@@H]12. The Labute approximate surface area is 127 Å². The van der Waals surface area contributed by atoms with Crippen LogP contribution in [0.1, 0.15) is 65.2 Å². The third kappa shape index (κ3) is 1.65. The maximum absolute atomic E-state index is 13.0. The van der Waals surface area contributed by atoms with Gasteiger partial charge in [0, 0.05) is 24.2 Å². The quantitative estimate of drug-likeness (QED) is 0.629. The number of rotatable bonds is 0. The molecule has 0 radical (unpaired) electrons. The molecule has 4 aliphatic carbocycles. The van der Waals surface area contributed by atoms with Crippen molar-refractivity contribution in [1.29, 1.82) is 0 Å². The molecule has 0 spiro atoms. The van der Waals surface area contributed by atoms with Gasteiger partial charge < -0.3 is 0 Å². The molecule has 0 bridgehead atoms. The van der Waals surface area contributed by atoms with E-state index in [2.05, 4.69) is 19.9 Å². The van der Waals surface area contributed by atoms with E-state index in [0.717, 1.165) is 19.3 Å². The van der Waals surface area contributed by atoms with Crippen molar-refractivity contribution in [3.05, 3.63) is 11.6 Å². The molecule has 5 atom stereocenters. The minimum Gasteiger partial charge on any atom is -0.299 e. The Bertz CT molecular complexity index is 546.